The number of pyridine rings is 1. The molecule has 0 aliphatic carbocycles. The van der Waals surface area contributed by atoms with Gasteiger partial charge in [0.25, 0.3) is 0 Å². The van der Waals surface area contributed by atoms with Gasteiger partial charge in [0, 0.05) is 36.2 Å². The van der Waals surface area contributed by atoms with Gasteiger partial charge in [-0.3, -0.25) is 4.98 Å². The first kappa shape index (κ1) is 9.84. The van der Waals surface area contributed by atoms with Gasteiger partial charge in [-0.25, -0.2) is 9.97 Å². The lowest BCUT2D eigenvalue weighted by atomic mass is 10.2. The molecule has 0 radical (unpaired) electrons. The molecule has 0 aromatic carbocycles. The fraction of sp³-hybridized carbons (Fsp3) is 0.364. The van der Waals surface area contributed by atoms with E-state index >= 15 is 0 Å². The molecular formula is C11H12N4S. The van der Waals surface area contributed by atoms with Crippen molar-refractivity contribution in [2.75, 3.05) is 29.5 Å². The highest BCUT2D eigenvalue weighted by atomic mass is 32.2. The molecule has 1 aliphatic heterocycles. The van der Waals surface area contributed by atoms with Crippen LogP contribution in [-0.4, -0.2) is 39.5 Å². The zero-order valence-electron chi connectivity index (χ0n) is 8.83. The van der Waals surface area contributed by atoms with Gasteiger partial charge in [0.2, 0.25) is 0 Å². The highest BCUT2D eigenvalue weighted by Gasteiger charge is 2.14. The minimum Gasteiger partial charge on any atom is -0.354 e. The van der Waals surface area contributed by atoms with Crippen molar-refractivity contribution in [3.63, 3.8) is 0 Å². The van der Waals surface area contributed by atoms with Crippen molar-refractivity contribution in [2.24, 2.45) is 0 Å². The Labute approximate surface area is 98.1 Å². The number of thioether (sulfide) groups is 1. The van der Waals surface area contributed by atoms with Crippen LogP contribution >= 0.6 is 11.8 Å². The lowest BCUT2D eigenvalue weighted by molar-refractivity contribution is 0.842. The quantitative estimate of drug-likeness (QED) is 0.746. The summed E-state index contributed by atoms with van der Waals surface area (Å²) >= 11 is 2.00. The van der Waals surface area contributed by atoms with Crippen LogP contribution in [0.5, 0.6) is 0 Å². The average Bonchev–Trinajstić information content (AvgIpc) is 2.39. The van der Waals surface area contributed by atoms with E-state index in [-0.39, 0.29) is 0 Å². The maximum absolute atomic E-state index is 4.41. The first-order valence-electron chi connectivity index (χ1n) is 5.32. The normalized spacial score (nSPS) is 16.6. The van der Waals surface area contributed by atoms with E-state index in [9.17, 15) is 0 Å². The number of hydrogen-bond acceptors (Lipinski definition) is 5. The number of hydrogen-bond donors (Lipinski definition) is 0. The minimum atomic E-state index is 0.922. The van der Waals surface area contributed by atoms with Gasteiger partial charge in [-0.1, -0.05) is 0 Å². The van der Waals surface area contributed by atoms with E-state index in [2.05, 4.69) is 19.9 Å². The second kappa shape index (κ2) is 4.25. The average molecular weight is 232 g/mol. The van der Waals surface area contributed by atoms with E-state index in [1.165, 1.54) is 11.5 Å². The molecule has 3 rings (SSSR count). The monoisotopic (exact) mass is 232 g/mol. The number of aromatic nitrogens is 3. The van der Waals surface area contributed by atoms with Crippen LogP contribution in [-0.2, 0) is 0 Å². The third-order valence-corrected chi connectivity index (χ3v) is 3.67. The third kappa shape index (κ3) is 1.71. The Morgan fingerprint density at radius 1 is 1.19 bits per heavy atom. The van der Waals surface area contributed by atoms with Crippen LogP contribution in [0.15, 0.2) is 24.8 Å². The van der Waals surface area contributed by atoms with Crippen molar-refractivity contribution in [2.45, 2.75) is 0 Å². The second-order valence-electron chi connectivity index (χ2n) is 3.69. The van der Waals surface area contributed by atoms with Gasteiger partial charge >= 0.3 is 0 Å². The molecule has 1 aliphatic rings. The molecule has 2 aromatic heterocycles. The van der Waals surface area contributed by atoms with Crippen molar-refractivity contribution < 1.29 is 0 Å². The molecule has 0 amide bonds. The lowest BCUT2D eigenvalue weighted by Crippen LogP contribution is -2.33. The van der Waals surface area contributed by atoms with E-state index in [1.807, 2.05) is 17.8 Å². The molecule has 5 heteroatoms. The number of nitrogens with zero attached hydrogens (tertiary/aromatic N) is 4. The predicted molar refractivity (Wildman–Crippen MR) is 66.9 cm³/mol. The van der Waals surface area contributed by atoms with Crippen molar-refractivity contribution in [3.8, 4) is 0 Å². The number of rotatable bonds is 1. The fourth-order valence-electron chi connectivity index (χ4n) is 1.92. The molecule has 82 valence electrons. The highest BCUT2D eigenvalue weighted by molar-refractivity contribution is 7.99. The van der Waals surface area contributed by atoms with Gasteiger partial charge in [0.1, 0.15) is 12.1 Å². The van der Waals surface area contributed by atoms with Crippen molar-refractivity contribution >= 4 is 28.5 Å². The highest BCUT2D eigenvalue weighted by Crippen LogP contribution is 2.24. The van der Waals surface area contributed by atoms with Crippen LogP contribution in [0.3, 0.4) is 0 Å². The minimum absolute atomic E-state index is 0.922. The van der Waals surface area contributed by atoms with Gasteiger partial charge in [-0.15, -0.1) is 0 Å². The molecular weight excluding hydrogens is 220 g/mol. The Morgan fingerprint density at radius 2 is 2.06 bits per heavy atom. The summed E-state index contributed by atoms with van der Waals surface area (Å²) in [4.78, 5) is 15.1. The summed E-state index contributed by atoms with van der Waals surface area (Å²) < 4.78 is 0. The molecule has 1 fully saturated rings. The Bertz CT molecular complexity index is 491. The van der Waals surface area contributed by atoms with Crippen LogP contribution in [0.4, 0.5) is 5.82 Å². The molecule has 1 saturated heterocycles. The second-order valence-corrected chi connectivity index (χ2v) is 4.91. The van der Waals surface area contributed by atoms with Crippen LogP contribution in [0, 0.1) is 0 Å². The summed E-state index contributed by atoms with van der Waals surface area (Å²) in [5.41, 5.74) is 0.922. The first-order valence-corrected chi connectivity index (χ1v) is 6.48. The predicted octanol–water partition coefficient (Wildman–Crippen LogP) is 1.58. The topological polar surface area (TPSA) is 41.9 Å². The maximum Gasteiger partial charge on any atom is 0.140 e. The standard InChI is InChI=1S/C11H12N4S/c1-2-12-7-10-9(1)11(14-8-13-10)15-3-5-16-6-4-15/h1-2,7-8H,3-6H2. The smallest absolute Gasteiger partial charge is 0.140 e. The molecule has 0 atom stereocenters. The maximum atomic E-state index is 4.41. The van der Waals surface area contributed by atoms with E-state index in [0.717, 1.165) is 29.8 Å². The SMILES string of the molecule is c1cc2c(N3CCSCC3)ncnc2cn1. The molecule has 0 N–H and O–H groups in total. The molecule has 16 heavy (non-hydrogen) atoms. The Balaban J connectivity index is 2.08. The van der Waals surface area contributed by atoms with Gasteiger partial charge < -0.3 is 4.90 Å². The number of anilines is 1. The lowest BCUT2D eigenvalue weighted by Gasteiger charge is -2.28. The van der Waals surface area contributed by atoms with E-state index < -0.39 is 0 Å². The van der Waals surface area contributed by atoms with Crippen LogP contribution in [0.2, 0.25) is 0 Å². The van der Waals surface area contributed by atoms with Crippen LogP contribution < -0.4 is 4.90 Å². The molecule has 0 spiro atoms. The van der Waals surface area contributed by atoms with Gasteiger partial charge in [-0.2, -0.15) is 11.8 Å². The van der Waals surface area contributed by atoms with Gasteiger partial charge in [-0.05, 0) is 6.07 Å². The van der Waals surface area contributed by atoms with E-state index in [0.29, 0.717) is 0 Å². The molecule has 0 bridgehead atoms. The van der Waals surface area contributed by atoms with Gasteiger partial charge in [0.05, 0.1) is 11.7 Å². The molecule has 3 heterocycles. The summed E-state index contributed by atoms with van der Waals surface area (Å²) in [5, 5.41) is 1.10. The third-order valence-electron chi connectivity index (χ3n) is 2.73. The zero-order valence-corrected chi connectivity index (χ0v) is 9.65. The Kier molecular flexibility index (Phi) is 2.61. The first-order chi connectivity index (χ1) is 7.95. The van der Waals surface area contributed by atoms with E-state index in [1.54, 1.807) is 18.7 Å². The van der Waals surface area contributed by atoms with Crippen molar-refractivity contribution in [1.82, 2.24) is 15.0 Å². The number of fused-ring (bicyclic) bond motifs is 1. The largest absolute Gasteiger partial charge is 0.354 e. The Hall–Kier alpha value is -1.36. The van der Waals surface area contributed by atoms with Crippen LogP contribution in [0.25, 0.3) is 10.9 Å². The summed E-state index contributed by atoms with van der Waals surface area (Å²) in [7, 11) is 0. The van der Waals surface area contributed by atoms with E-state index in [4.69, 9.17) is 0 Å². The summed E-state index contributed by atoms with van der Waals surface area (Å²) in [5.74, 6) is 3.40. The zero-order chi connectivity index (χ0) is 10.8. The van der Waals surface area contributed by atoms with Crippen molar-refractivity contribution in [1.29, 1.82) is 0 Å². The summed E-state index contributed by atoms with van der Waals surface area (Å²) in [6, 6.07) is 1.99. The van der Waals surface area contributed by atoms with Crippen molar-refractivity contribution in [3.05, 3.63) is 24.8 Å². The molecule has 4 nitrogen and oxygen atoms in total. The van der Waals surface area contributed by atoms with Crippen LogP contribution in [0.1, 0.15) is 0 Å². The Morgan fingerprint density at radius 3 is 2.94 bits per heavy atom. The summed E-state index contributed by atoms with van der Waals surface area (Å²) in [6.45, 7) is 2.14. The fourth-order valence-corrected chi connectivity index (χ4v) is 2.82. The molecule has 2 aromatic rings. The molecule has 0 unspecified atom stereocenters. The van der Waals surface area contributed by atoms with Gasteiger partial charge in [0.15, 0.2) is 0 Å². The summed E-state index contributed by atoms with van der Waals surface area (Å²) in [6.07, 6.45) is 5.22. The molecule has 0 saturated carbocycles.